The molecule has 2 rings (SSSR count). The number of benzene rings is 1. The van der Waals surface area contributed by atoms with Crippen LogP contribution in [0.2, 0.25) is 0 Å². The Morgan fingerprint density at radius 2 is 2.25 bits per heavy atom. The molecule has 0 aliphatic carbocycles. The molecular formula is C11H12BrNO3. The zero-order chi connectivity index (χ0) is 11.5. The molecule has 1 amide bonds. The molecule has 0 radical (unpaired) electrons. The number of nitrogens with one attached hydrogen (secondary N) is 1. The van der Waals surface area contributed by atoms with Gasteiger partial charge in [0.25, 0.3) is 0 Å². The second-order valence-electron chi connectivity index (χ2n) is 3.54. The molecule has 1 N–H and O–H groups in total. The van der Waals surface area contributed by atoms with Crippen LogP contribution in [0.3, 0.4) is 0 Å². The van der Waals surface area contributed by atoms with Gasteiger partial charge in [-0.25, -0.2) is 0 Å². The van der Waals surface area contributed by atoms with Gasteiger partial charge in [0.2, 0.25) is 5.91 Å². The van der Waals surface area contributed by atoms with Gasteiger partial charge in [0.1, 0.15) is 5.75 Å². The first-order chi connectivity index (χ1) is 7.70. The van der Waals surface area contributed by atoms with Crippen LogP contribution in [-0.4, -0.2) is 19.8 Å². The molecule has 86 valence electrons. The van der Waals surface area contributed by atoms with E-state index in [-0.39, 0.29) is 12.7 Å². The second kappa shape index (κ2) is 4.84. The fourth-order valence-electron chi connectivity index (χ4n) is 1.66. The lowest BCUT2D eigenvalue weighted by atomic mass is 10.0. The molecule has 0 aromatic heterocycles. The van der Waals surface area contributed by atoms with Gasteiger partial charge in [-0.05, 0) is 24.1 Å². The lowest BCUT2D eigenvalue weighted by Gasteiger charge is -2.20. The van der Waals surface area contributed by atoms with Crippen LogP contribution >= 0.6 is 15.9 Å². The van der Waals surface area contributed by atoms with E-state index in [0.29, 0.717) is 12.2 Å². The van der Waals surface area contributed by atoms with E-state index in [9.17, 15) is 4.79 Å². The van der Waals surface area contributed by atoms with Crippen molar-refractivity contribution >= 4 is 27.5 Å². The first-order valence-electron chi connectivity index (χ1n) is 4.94. The quantitative estimate of drug-likeness (QED) is 0.867. The first-order valence-corrected chi connectivity index (χ1v) is 5.74. The molecule has 0 spiro atoms. The average molecular weight is 286 g/mol. The highest BCUT2D eigenvalue weighted by molar-refractivity contribution is 9.10. The first kappa shape index (κ1) is 11.4. The van der Waals surface area contributed by atoms with E-state index in [1.165, 1.54) is 0 Å². The van der Waals surface area contributed by atoms with Crippen LogP contribution < -0.4 is 10.1 Å². The molecule has 0 bridgehead atoms. The number of anilines is 1. The van der Waals surface area contributed by atoms with E-state index < -0.39 is 0 Å². The van der Waals surface area contributed by atoms with Gasteiger partial charge in [-0.3, -0.25) is 4.79 Å². The summed E-state index contributed by atoms with van der Waals surface area (Å²) in [4.78, 5) is 11.3. The summed E-state index contributed by atoms with van der Waals surface area (Å²) in [6.45, 7) is 0.165. The highest BCUT2D eigenvalue weighted by atomic mass is 79.9. The number of rotatable bonds is 3. The molecule has 4 nitrogen and oxygen atoms in total. The molecule has 5 heteroatoms. The highest BCUT2D eigenvalue weighted by Crippen LogP contribution is 2.35. The smallest absolute Gasteiger partial charge is 0.224 e. The topological polar surface area (TPSA) is 47.6 Å². The summed E-state index contributed by atoms with van der Waals surface area (Å²) in [5.41, 5.74) is 1.84. The maximum absolute atomic E-state index is 11.3. The van der Waals surface area contributed by atoms with Crippen LogP contribution in [0.1, 0.15) is 12.0 Å². The Morgan fingerprint density at radius 1 is 1.44 bits per heavy atom. The molecule has 1 aromatic carbocycles. The molecule has 0 saturated heterocycles. The number of fused-ring (bicyclic) bond motifs is 1. The van der Waals surface area contributed by atoms with E-state index in [1.807, 2.05) is 12.1 Å². The maximum Gasteiger partial charge on any atom is 0.224 e. The third kappa shape index (κ3) is 2.36. The number of methoxy groups -OCH3 is 1. The predicted molar refractivity (Wildman–Crippen MR) is 63.6 cm³/mol. The number of hydrogen-bond donors (Lipinski definition) is 1. The summed E-state index contributed by atoms with van der Waals surface area (Å²) >= 11 is 3.41. The van der Waals surface area contributed by atoms with Gasteiger partial charge < -0.3 is 14.8 Å². The van der Waals surface area contributed by atoms with Crippen molar-refractivity contribution in [1.82, 2.24) is 0 Å². The van der Waals surface area contributed by atoms with Gasteiger partial charge in [-0.1, -0.05) is 15.9 Å². The van der Waals surface area contributed by atoms with Crippen molar-refractivity contribution in [3.63, 3.8) is 0 Å². The monoisotopic (exact) mass is 285 g/mol. The Balaban J connectivity index is 2.35. The number of carbonyl (C=O) groups is 1. The Hall–Kier alpha value is -1.07. The molecule has 0 saturated carbocycles. The number of hydrogen-bond acceptors (Lipinski definition) is 3. The third-order valence-corrected chi connectivity index (χ3v) is 2.82. The Bertz CT molecular complexity index is 420. The van der Waals surface area contributed by atoms with Gasteiger partial charge in [-0.2, -0.15) is 0 Å². The summed E-state index contributed by atoms with van der Waals surface area (Å²) in [7, 11) is 1.56. The van der Waals surface area contributed by atoms with Crippen molar-refractivity contribution in [2.24, 2.45) is 0 Å². The number of ether oxygens (including phenoxy) is 2. The number of aryl methyl sites for hydroxylation is 1. The van der Waals surface area contributed by atoms with Crippen molar-refractivity contribution in [2.45, 2.75) is 12.8 Å². The Morgan fingerprint density at radius 3 is 3.00 bits per heavy atom. The van der Waals surface area contributed by atoms with E-state index >= 15 is 0 Å². The lowest BCUT2D eigenvalue weighted by Crippen LogP contribution is -2.20. The summed E-state index contributed by atoms with van der Waals surface area (Å²) in [6.07, 6.45) is 1.26. The molecule has 1 aromatic rings. The van der Waals surface area contributed by atoms with Crippen LogP contribution in [0.15, 0.2) is 16.6 Å². The number of amides is 1. The molecule has 0 unspecified atom stereocenters. The van der Waals surface area contributed by atoms with Crippen molar-refractivity contribution in [2.75, 3.05) is 19.2 Å². The van der Waals surface area contributed by atoms with Gasteiger partial charge in [0, 0.05) is 18.0 Å². The maximum atomic E-state index is 11.3. The molecule has 0 atom stereocenters. The number of carbonyl (C=O) groups excluding carboxylic acids is 1. The Kier molecular flexibility index (Phi) is 3.46. The fourth-order valence-corrected chi connectivity index (χ4v) is 2.15. The normalized spacial score (nSPS) is 14.2. The van der Waals surface area contributed by atoms with Crippen LogP contribution in [-0.2, 0) is 16.0 Å². The Labute approximate surface area is 102 Å². The number of halogens is 1. The minimum absolute atomic E-state index is 0.0251. The molecule has 0 fully saturated rings. The van der Waals surface area contributed by atoms with Gasteiger partial charge in [0.15, 0.2) is 6.79 Å². The SMILES string of the molecule is COCOc1cc(Br)cc2c1NC(=O)CC2. The molecule has 1 heterocycles. The van der Waals surface area contributed by atoms with Crippen molar-refractivity contribution in [3.8, 4) is 5.75 Å². The van der Waals surface area contributed by atoms with Crippen LogP contribution in [0.4, 0.5) is 5.69 Å². The van der Waals surface area contributed by atoms with Crippen molar-refractivity contribution in [3.05, 3.63) is 22.2 Å². The standard InChI is InChI=1S/C11H12BrNO3/c1-15-6-16-9-5-8(12)4-7-2-3-10(14)13-11(7)9/h4-5H,2-3,6H2,1H3,(H,13,14). The minimum atomic E-state index is 0.0251. The summed E-state index contributed by atoms with van der Waals surface area (Å²) in [6, 6.07) is 3.82. The zero-order valence-electron chi connectivity index (χ0n) is 8.88. The molecule has 1 aliphatic heterocycles. The molecule has 1 aliphatic rings. The largest absolute Gasteiger partial charge is 0.465 e. The summed E-state index contributed by atoms with van der Waals surface area (Å²) in [5.74, 6) is 0.663. The predicted octanol–water partition coefficient (Wildman–Crippen LogP) is 2.32. The van der Waals surface area contributed by atoms with E-state index in [4.69, 9.17) is 9.47 Å². The van der Waals surface area contributed by atoms with Crippen molar-refractivity contribution < 1.29 is 14.3 Å². The van der Waals surface area contributed by atoms with Crippen molar-refractivity contribution in [1.29, 1.82) is 0 Å². The lowest BCUT2D eigenvalue weighted by molar-refractivity contribution is -0.116. The average Bonchev–Trinajstić information content (AvgIpc) is 2.26. The van der Waals surface area contributed by atoms with E-state index in [1.54, 1.807) is 7.11 Å². The van der Waals surface area contributed by atoms with Crippen LogP contribution in [0.25, 0.3) is 0 Å². The fraction of sp³-hybridized carbons (Fsp3) is 0.364. The zero-order valence-corrected chi connectivity index (χ0v) is 10.5. The van der Waals surface area contributed by atoms with Gasteiger partial charge >= 0.3 is 0 Å². The van der Waals surface area contributed by atoms with Gasteiger partial charge in [0.05, 0.1) is 5.69 Å². The second-order valence-corrected chi connectivity index (χ2v) is 4.45. The molecular weight excluding hydrogens is 274 g/mol. The molecule has 16 heavy (non-hydrogen) atoms. The van der Waals surface area contributed by atoms with E-state index in [2.05, 4.69) is 21.2 Å². The van der Waals surface area contributed by atoms with Gasteiger partial charge in [-0.15, -0.1) is 0 Å². The summed E-state index contributed by atoms with van der Waals surface area (Å²) in [5, 5.41) is 2.82. The van der Waals surface area contributed by atoms with Crippen LogP contribution in [0.5, 0.6) is 5.75 Å². The summed E-state index contributed by atoms with van der Waals surface area (Å²) < 4.78 is 11.2. The van der Waals surface area contributed by atoms with Crippen LogP contribution in [0, 0.1) is 0 Å². The third-order valence-electron chi connectivity index (χ3n) is 2.37. The highest BCUT2D eigenvalue weighted by Gasteiger charge is 2.19. The van der Waals surface area contributed by atoms with E-state index in [0.717, 1.165) is 22.1 Å². The minimum Gasteiger partial charge on any atom is -0.465 e.